The third-order valence-corrected chi connectivity index (χ3v) is 4.81. The van der Waals surface area contributed by atoms with Crippen LogP contribution in [0.1, 0.15) is 5.56 Å². The molecule has 1 saturated heterocycles. The molecule has 152 valence electrons. The molecule has 1 amide bonds. The van der Waals surface area contributed by atoms with Crippen LogP contribution in [-0.4, -0.2) is 66.3 Å². The molecule has 0 radical (unpaired) electrons. The number of piperazine rings is 1. The molecule has 1 aliphatic heterocycles. The fourth-order valence-corrected chi connectivity index (χ4v) is 3.27. The highest BCUT2D eigenvalue weighted by Crippen LogP contribution is 2.20. The molecular formula is C22H25N3O4. The van der Waals surface area contributed by atoms with E-state index in [1.54, 1.807) is 12.1 Å². The van der Waals surface area contributed by atoms with Gasteiger partial charge in [0.15, 0.2) is 0 Å². The van der Waals surface area contributed by atoms with E-state index < -0.39 is 12.5 Å². The van der Waals surface area contributed by atoms with Gasteiger partial charge in [0.2, 0.25) is 5.91 Å². The largest absolute Gasteiger partial charge is 0.508 e. The number of benzene rings is 2. The summed E-state index contributed by atoms with van der Waals surface area (Å²) < 4.78 is 0. The lowest BCUT2D eigenvalue weighted by Gasteiger charge is -2.36. The van der Waals surface area contributed by atoms with Crippen LogP contribution in [0.2, 0.25) is 0 Å². The molecule has 7 heteroatoms. The predicted octanol–water partition coefficient (Wildman–Crippen LogP) is 1.80. The summed E-state index contributed by atoms with van der Waals surface area (Å²) in [4.78, 5) is 27.8. The van der Waals surface area contributed by atoms with Crippen LogP contribution in [0.25, 0.3) is 6.08 Å². The van der Waals surface area contributed by atoms with Crippen molar-refractivity contribution in [3.63, 3.8) is 0 Å². The summed E-state index contributed by atoms with van der Waals surface area (Å²) in [5, 5.41) is 20.7. The number of phenols is 1. The highest BCUT2D eigenvalue weighted by molar-refractivity contribution is 5.99. The monoisotopic (exact) mass is 395 g/mol. The smallest absolute Gasteiger partial charge is 0.322 e. The van der Waals surface area contributed by atoms with Gasteiger partial charge in [-0.1, -0.05) is 30.3 Å². The SMILES string of the molecule is O=C(O)CNC(=O)/C(=C/c1ccccc1)CN1CCN(c2ccc(O)cc2)CC1. The van der Waals surface area contributed by atoms with Gasteiger partial charge in [-0.25, -0.2) is 0 Å². The number of amides is 1. The van der Waals surface area contributed by atoms with Crippen LogP contribution in [0.5, 0.6) is 5.75 Å². The average molecular weight is 395 g/mol. The Labute approximate surface area is 169 Å². The second-order valence-electron chi connectivity index (χ2n) is 6.94. The maximum absolute atomic E-state index is 12.5. The molecule has 0 spiro atoms. The topological polar surface area (TPSA) is 93.1 Å². The Hall–Kier alpha value is -3.32. The Kier molecular flexibility index (Phi) is 6.86. The van der Waals surface area contributed by atoms with Gasteiger partial charge in [-0.15, -0.1) is 0 Å². The van der Waals surface area contributed by atoms with E-state index in [1.807, 2.05) is 48.5 Å². The van der Waals surface area contributed by atoms with Crippen molar-refractivity contribution in [2.75, 3.05) is 44.2 Å². The van der Waals surface area contributed by atoms with Crippen molar-refractivity contribution in [1.29, 1.82) is 0 Å². The first-order valence-electron chi connectivity index (χ1n) is 9.53. The summed E-state index contributed by atoms with van der Waals surface area (Å²) in [7, 11) is 0. The minimum absolute atomic E-state index is 0.246. The molecule has 1 heterocycles. The standard InChI is InChI=1S/C22H25N3O4/c26-20-8-6-19(7-9-20)25-12-10-24(11-13-25)16-18(22(29)23-15-21(27)28)14-17-4-2-1-3-5-17/h1-9,14,26H,10-13,15-16H2,(H,23,29)(H,27,28)/b18-14+. The lowest BCUT2D eigenvalue weighted by atomic mass is 10.1. The highest BCUT2D eigenvalue weighted by atomic mass is 16.4. The van der Waals surface area contributed by atoms with Crippen LogP contribution in [0.15, 0.2) is 60.2 Å². The molecule has 2 aromatic carbocycles. The molecule has 7 nitrogen and oxygen atoms in total. The van der Waals surface area contributed by atoms with E-state index in [9.17, 15) is 14.7 Å². The summed E-state index contributed by atoms with van der Waals surface area (Å²) in [5.41, 5.74) is 2.49. The zero-order chi connectivity index (χ0) is 20.6. The number of rotatable bonds is 7. The second kappa shape index (κ2) is 9.75. The molecule has 3 N–H and O–H groups in total. The predicted molar refractivity (Wildman–Crippen MR) is 112 cm³/mol. The lowest BCUT2D eigenvalue weighted by Crippen LogP contribution is -2.48. The van der Waals surface area contributed by atoms with Crippen LogP contribution in [-0.2, 0) is 9.59 Å². The number of anilines is 1. The van der Waals surface area contributed by atoms with Gasteiger partial charge >= 0.3 is 5.97 Å². The fourth-order valence-electron chi connectivity index (χ4n) is 3.27. The summed E-state index contributed by atoms with van der Waals surface area (Å²) in [6.07, 6.45) is 1.81. The summed E-state index contributed by atoms with van der Waals surface area (Å²) >= 11 is 0. The molecule has 0 saturated carbocycles. The van der Waals surface area contributed by atoms with Crippen molar-refractivity contribution in [1.82, 2.24) is 10.2 Å². The molecule has 3 rings (SSSR count). The van der Waals surface area contributed by atoms with E-state index in [2.05, 4.69) is 15.1 Å². The summed E-state index contributed by atoms with van der Waals surface area (Å²) in [5.74, 6) is -1.19. The average Bonchev–Trinajstić information content (AvgIpc) is 2.73. The van der Waals surface area contributed by atoms with Crippen molar-refractivity contribution in [3.8, 4) is 5.75 Å². The van der Waals surface area contributed by atoms with Crippen molar-refractivity contribution in [2.45, 2.75) is 0 Å². The molecule has 0 aliphatic carbocycles. The maximum Gasteiger partial charge on any atom is 0.322 e. The zero-order valence-electron chi connectivity index (χ0n) is 16.1. The number of aromatic hydroxyl groups is 1. The number of carboxylic acid groups (broad SMARTS) is 1. The zero-order valence-corrected chi connectivity index (χ0v) is 16.1. The van der Waals surface area contributed by atoms with Gasteiger partial charge in [0.05, 0.1) is 0 Å². The summed E-state index contributed by atoms with van der Waals surface area (Å²) in [6, 6.07) is 16.7. The van der Waals surface area contributed by atoms with Crippen molar-refractivity contribution < 1.29 is 19.8 Å². The quantitative estimate of drug-likeness (QED) is 0.619. The number of nitrogens with zero attached hydrogens (tertiary/aromatic N) is 2. The van der Waals surface area contributed by atoms with Crippen LogP contribution < -0.4 is 10.2 Å². The molecule has 0 unspecified atom stereocenters. The summed E-state index contributed by atoms with van der Waals surface area (Å²) in [6.45, 7) is 3.21. The van der Waals surface area contributed by atoms with Gasteiger partial charge in [0.25, 0.3) is 0 Å². The fraction of sp³-hybridized carbons (Fsp3) is 0.273. The van der Waals surface area contributed by atoms with Crippen LogP contribution in [0, 0.1) is 0 Å². The minimum Gasteiger partial charge on any atom is -0.508 e. The van der Waals surface area contributed by atoms with Gasteiger partial charge in [0, 0.05) is 44.0 Å². The number of phenolic OH excluding ortho intramolecular Hbond substituents is 1. The van der Waals surface area contributed by atoms with E-state index in [0.717, 1.165) is 37.4 Å². The van der Waals surface area contributed by atoms with Gasteiger partial charge < -0.3 is 20.4 Å². The van der Waals surface area contributed by atoms with Crippen LogP contribution in [0.4, 0.5) is 5.69 Å². The van der Waals surface area contributed by atoms with E-state index >= 15 is 0 Å². The normalized spacial score (nSPS) is 15.2. The highest BCUT2D eigenvalue weighted by Gasteiger charge is 2.20. The molecule has 0 aromatic heterocycles. The molecule has 29 heavy (non-hydrogen) atoms. The number of hydrogen-bond acceptors (Lipinski definition) is 5. The number of hydrogen-bond donors (Lipinski definition) is 3. The minimum atomic E-state index is -1.07. The van der Waals surface area contributed by atoms with E-state index in [4.69, 9.17) is 5.11 Å². The number of nitrogens with one attached hydrogen (secondary N) is 1. The third kappa shape index (κ3) is 6.08. The number of carbonyl (C=O) groups is 2. The first-order chi connectivity index (χ1) is 14.0. The molecule has 1 aliphatic rings. The van der Waals surface area contributed by atoms with Crippen molar-refractivity contribution in [2.24, 2.45) is 0 Å². The molecular weight excluding hydrogens is 370 g/mol. The Morgan fingerprint density at radius 1 is 0.966 bits per heavy atom. The van der Waals surface area contributed by atoms with Gasteiger partial charge in [0.1, 0.15) is 12.3 Å². The van der Waals surface area contributed by atoms with Crippen LogP contribution in [0.3, 0.4) is 0 Å². The molecule has 0 bridgehead atoms. The Morgan fingerprint density at radius 3 is 2.24 bits per heavy atom. The van der Waals surface area contributed by atoms with Gasteiger partial charge in [-0.3, -0.25) is 14.5 Å². The van der Waals surface area contributed by atoms with Gasteiger partial charge in [-0.2, -0.15) is 0 Å². The molecule has 0 atom stereocenters. The first kappa shape index (κ1) is 20.4. The number of aliphatic carboxylic acids is 1. The first-order valence-corrected chi connectivity index (χ1v) is 9.53. The Morgan fingerprint density at radius 2 is 1.62 bits per heavy atom. The molecule has 2 aromatic rings. The second-order valence-corrected chi connectivity index (χ2v) is 6.94. The van der Waals surface area contributed by atoms with E-state index in [-0.39, 0.29) is 11.7 Å². The van der Waals surface area contributed by atoms with Crippen molar-refractivity contribution >= 4 is 23.6 Å². The third-order valence-electron chi connectivity index (χ3n) is 4.81. The number of carboxylic acids is 1. The van der Waals surface area contributed by atoms with Crippen molar-refractivity contribution in [3.05, 3.63) is 65.7 Å². The lowest BCUT2D eigenvalue weighted by molar-refractivity contribution is -0.137. The van der Waals surface area contributed by atoms with Crippen LogP contribution >= 0.6 is 0 Å². The maximum atomic E-state index is 12.5. The van der Waals surface area contributed by atoms with Gasteiger partial charge in [-0.05, 0) is 35.9 Å². The Bertz CT molecular complexity index is 857. The number of carbonyl (C=O) groups excluding carboxylic acids is 1. The van der Waals surface area contributed by atoms with E-state index in [1.165, 1.54) is 0 Å². The molecule has 1 fully saturated rings. The Balaban J connectivity index is 1.65. The van der Waals surface area contributed by atoms with E-state index in [0.29, 0.717) is 12.1 Å².